The third-order valence-corrected chi connectivity index (χ3v) is 1.93. The predicted molar refractivity (Wildman–Crippen MR) is 44.1 cm³/mol. The smallest absolute Gasteiger partial charge is 0.206 e. The van der Waals surface area contributed by atoms with Gasteiger partial charge in [0.25, 0.3) is 0 Å². The molecule has 1 heterocycles. The summed E-state index contributed by atoms with van der Waals surface area (Å²) in [4.78, 5) is 11.2. The average molecular weight is 168 g/mol. The number of hydrogen-bond acceptors (Lipinski definition) is 3. The van der Waals surface area contributed by atoms with Crippen LogP contribution in [0.4, 0.5) is 0 Å². The molecular weight excluding hydrogens is 156 g/mol. The Kier molecular flexibility index (Phi) is 2.28. The molecule has 1 N–H and O–H groups in total. The Morgan fingerprint density at radius 2 is 2.17 bits per heavy atom. The van der Waals surface area contributed by atoms with Crippen LogP contribution >= 0.6 is 0 Å². The molecule has 0 aliphatic heterocycles. The highest BCUT2D eigenvalue weighted by molar-refractivity contribution is 5.96. The summed E-state index contributed by atoms with van der Waals surface area (Å²) in [7, 11) is 1.70. The van der Waals surface area contributed by atoms with Crippen molar-refractivity contribution < 1.29 is 9.90 Å². The number of carbonyl (C=O) groups is 1. The Balaban J connectivity index is 3.22. The number of carbonyl (C=O) groups excluding carboxylic acids is 1. The lowest BCUT2D eigenvalue weighted by molar-refractivity contribution is 0.0893. The molecule has 0 bridgehead atoms. The number of aliphatic hydroxyl groups excluding tert-OH is 1. The van der Waals surface area contributed by atoms with E-state index in [1.807, 2.05) is 13.8 Å². The van der Waals surface area contributed by atoms with E-state index in [0.717, 1.165) is 11.3 Å². The van der Waals surface area contributed by atoms with Crippen LogP contribution in [0.2, 0.25) is 0 Å². The first-order valence-corrected chi connectivity index (χ1v) is 3.72. The largest absolute Gasteiger partial charge is 0.388 e. The molecule has 4 heteroatoms. The van der Waals surface area contributed by atoms with E-state index >= 15 is 0 Å². The molecule has 12 heavy (non-hydrogen) atoms. The van der Waals surface area contributed by atoms with Crippen molar-refractivity contribution in [3.05, 3.63) is 17.0 Å². The molecular formula is C8H12N2O2. The number of Topliss-reactive ketones (excluding diaryl/α,β-unsaturated/α-hetero) is 1. The number of nitrogens with zero attached hydrogens (tertiary/aromatic N) is 2. The predicted octanol–water partition coefficient (Wildman–Crippen LogP) is 0.212. The zero-order valence-corrected chi connectivity index (χ0v) is 7.46. The fourth-order valence-electron chi connectivity index (χ4n) is 1.23. The molecule has 0 aromatic carbocycles. The second kappa shape index (κ2) is 3.06. The number of ketones is 1. The van der Waals surface area contributed by atoms with Crippen LogP contribution in [0.5, 0.6) is 0 Å². The third-order valence-electron chi connectivity index (χ3n) is 1.93. The van der Waals surface area contributed by atoms with Gasteiger partial charge in [-0.25, -0.2) is 0 Å². The summed E-state index contributed by atoms with van der Waals surface area (Å²) in [6.45, 7) is 3.20. The van der Waals surface area contributed by atoms with Gasteiger partial charge in [-0.3, -0.25) is 9.48 Å². The van der Waals surface area contributed by atoms with Gasteiger partial charge in [0.05, 0.1) is 5.69 Å². The Labute approximate surface area is 70.8 Å². The van der Waals surface area contributed by atoms with Gasteiger partial charge in [-0.05, 0) is 13.8 Å². The van der Waals surface area contributed by atoms with Crippen LogP contribution in [-0.4, -0.2) is 27.3 Å². The lowest BCUT2D eigenvalue weighted by Crippen LogP contribution is -2.11. The van der Waals surface area contributed by atoms with Crippen LogP contribution in [0.15, 0.2) is 0 Å². The molecule has 0 saturated heterocycles. The third kappa shape index (κ3) is 1.25. The highest BCUT2D eigenvalue weighted by Crippen LogP contribution is 2.11. The van der Waals surface area contributed by atoms with E-state index in [2.05, 4.69) is 5.10 Å². The SMILES string of the molecule is Cc1nn(C)c(C(=O)CO)c1C. The van der Waals surface area contributed by atoms with Crippen molar-refractivity contribution in [1.82, 2.24) is 9.78 Å². The fourth-order valence-corrected chi connectivity index (χ4v) is 1.23. The monoisotopic (exact) mass is 168 g/mol. The minimum Gasteiger partial charge on any atom is -0.388 e. The number of rotatable bonds is 2. The van der Waals surface area contributed by atoms with E-state index in [1.54, 1.807) is 7.05 Å². The van der Waals surface area contributed by atoms with E-state index < -0.39 is 6.61 Å². The molecule has 0 spiro atoms. The molecule has 0 radical (unpaired) electrons. The quantitative estimate of drug-likeness (QED) is 0.642. The van der Waals surface area contributed by atoms with Crippen molar-refractivity contribution >= 4 is 5.78 Å². The highest BCUT2D eigenvalue weighted by Gasteiger charge is 2.15. The van der Waals surface area contributed by atoms with Gasteiger partial charge in [-0.1, -0.05) is 0 Å². The van der Waals surface area contributed by atoms with Crippen molar-refractivity contribution in [3.8, 4) is 0 Å². The van der Waals surface area contributed by atoms with Gasteiger partial charge in [0.1, 0.15) is 12.3 Å². The summed E-state index contributed by atoms with van der Waals surface area (Å²) >= 11 is 0. The summed E-state index contributed by atoms with van der Waals surface area (Å²) in [6, 6.07) is 0. The first-order valence-electron chi connectivity index (χ1n) is 3.72. The maximum atomic E-state index is 11.2. The normalized spacial score (nSPS) is 10.3. The van der Waals surface area contributed by atoms with Crippen molar-refractivity contribution in [1.29, 1.82) is 0 Å². The highest BCUT2D eigenvalue weighted by atomic mass is 16.3. The number of aryl methyl sites for hydroxylation is 2. The van der Waals surface area contributed by atoms with E-state index in [1.165, 1.54) is 4.68 Å². The molecule has 0 saturated carbocycles. The van der Waals surface area contributed by atoms with E-state index in [0.29, 0.717) is 5.69 Å². The van der Waals surface area contributed by atoms with Gasteiger partial charge >= 0.3 is 0 Å². The summed E-state index contributed by atoms with van der Waals surface area (Å²) in [6.07, 6.45) is 0. The molecule has 0 aliphatic carbocycles. The van der Waals surface area contributed by atoms with Crippen molar-refractivity contribution in [2.75, 3.05) is 6.61 Å². The fraction of sp³-hybridized carbons (Fsp3) is 0.500. The molecule has 0 aliphatic rings. The van der Waals surface area contributed by atoms with Crippen LogP contribution in [0, 0.1) is 13.8 Å². The summed E-state index contributed by atoms with van der Waals surface area (Å²) in [5.41, 5.74) is 2.17. The molecule has 1 aromatic rings. The summed E-state index contributed by atoms with van der Waals surface area (Å²) in [5, 5.41) is 12.7. The maximum Gasteiger partial charge on any atom is 0.206 e. The standard InChI is InChI=1S/C8H12N2O2/c1-5-6(2)9-10(3)8(5)7(12)4-11/h11H,4H2,1-3H3. The number of aliphatic hydroxyl groups is 1. The van der Waals surface area contributed by atoms with Crippen molar-refractivity contribution in [3.63, 3.8) is 0 Å². The molecule has 1 rings (SSSR count). The molecule has 1 aromatic heterocycles. The van der Waals surface area contributed by atoms with Gasteiger partial charge in [0.15, 0.2) is 0 Å². The van der Waals surface area contributed by atoms with Gasteiger partial charge in [-0.2, -0.15) is 5.10 Å². The molecule has 66 valence electrons. The van der Waals surface area contributed by atoms with E-state index in [9.17, 15) is 4.79 Å². The van der Waals surface area contributed by atoms with Gasteiger partial charge in [0, 0.05) is 12.6 Å². The summed E-state index contributed by atoms with van der Waals surface area (Å²) < 4.78 is 1.50. The zero-order chi connectivity index (χ0) is 9.30. The van der Waals surface area contributed by atoms with Gasteiger partial charge in [-0.15, -0.1) is 0 Å². The topological polar surface area (TPSA) is 55.1 Å². The minimum absolute atomic E-state index is 0.282. The summed E-state index contributed by atoms with van der Waals surface area (Å²) in [5.74, 6) is -0.282. The maximum absolute atomic E-state index is 11.2. The number of aromatic nitrogens is 2. The molecule has 4 nitrogen and oxygen atoms in total. The van der Waals surface area contributed by atoms with Crippen molar-refractivity contribution in [2.24, 2.45) is 7.05 Å². The molecule has 0 amide bonds. The second-order valence-corrected chi connectivity index (χ2v) is 2.76. The van der Waals surface area contributed by atoms with E-state index in [-0.39, 0.29) is 5.78 Å². The van der Waals surface area contributed by atoms with E-state index in [4.69, 9.17) is 5.11 Å². The first-order chi connectivity index (χ1) is 5.57. The van der Waals surface area contributed by atoms with Gasteiger partial charge in [0.2, 0.25) is 5.78 Å². The van der Waals surface area contributed by atoms with Crippen LogP contribution in [0.25, 0.3) is 0 Å². The number of hydrogen-bond donors (Lipinski definition) is 1. The van der Waals surface area contributed by atoms with Crippen LogP contribution < -0.4 is 0 Å². The minimum atomic E-state index is -0.459. The first kappa shape index (κ1) is 8.93. The Morgan fingerprint density at radius 1 is 1.58 bits per heavy atom. The lowest BCUT2D eigenvalue weighted by atomic mass is 10.1. The van der Waals surface area contributed by atoms with Crippen molar-refractivity contribution in [2.45, 2.75) is 13.8 Å². The van der Waals surface area contributed by atoms with Gasteiger partial charge < -0.3 is 5.11 Å². The lowest BCUT2D eigenvalue weighted by Gasteiger charge is -1.98. The van der Waals surface area contributed by atoms with Crippen LogP contribution in [0.1, 0.15) is 21.7 Å². The molecule has 0 fully saturated rings. The van der Waals surface area contributed by atoms with Crippen LogP contribution in [0.3, 0.4) is 0 Å². The average Bonchev–Trinajstić information content (AvgIpc) is 2.26. The molecule has 0 unspecified atom stereocenters. The Morgan fingerprint density at radius 3 is 2.50 bits per heavy atom. The Bertz CT molecular complexity index is 315. The molecule has 0 atom stereocenters. The second-order valence-electron chi connectivity index (χ2n) is 2.76. The van der Waals surface area contributed by atoms with Crippen LogP contribution in [-0.2, 0) is 7.05 Å². The zero-order valence-electron chi connectivity index (χ0n) is 7.46. The Hall–Kier alpha value is -1.16.